The van der Waals surface area contributed by atoms with Gasteiger partial charge in [-0.15, -0.1) is 0 Å². The number of nitrogens with two attached hydrogens (primary N) is 1. The fourth-order valence-corrected chi connectivity index (χ4v) is 2.49. The highest BCUT2D eigenvalue weighted by molar-refractivity contribution is 7.89. The van der Waals surface area contributed by atoms with Crippen molar-refractivity contribution in [1.82, 2.24) is 4.72 Å². The fraction of sp³-hybridized carbons (Fsp3) is 0.400. The predicted molar refractivity (Wildman–Crippen MR) is 62.8 cm³/mol. The van der Waals surface area contributed by atoms with Crippen molar-refractivity contribution < 1.29 is 22.3 Å². The summed E-state index contributed by atoms with van der Waals surface area (Å²) in [6, 6.07) is 4.14. The Morgan fingerprint density at radius 2 is 2.00 bits per heavy atom. The van der Waals surface area contributed by atoms with Gasteiger partial charge in [0, 0.05) is 12.2 Å². The normalized spacial score (nSPS) is 13.8. The smallest absolute Gasteiger partial charge is 0.265 e. The van der Waals surface area contributed by atoms with Crippen molar-refractivity contribution in [3.05, 3.63) is 23.8 Å². The number of benzene rings is 1. The zero-order chi connectivity index (χ0) is 13.9. The zero-order valence-electron chi connectivity index (χ0n) is 9.60. The molecule has 102 valence electrons. The lowest BCUT2D eigenvalue weighted by Crippen LogP contribution is -2.35. The van der Waals surface area contributed by atoms with Crippen LogP contribution in [0, 0.1) is 6.92 Å². The van der Waals surface area contributed by atoms with Crippen LogP contribution < -0.4 is 10.5 Å². The van der Waals surface area contributed by atoms with E-state index >= 15 is 0 Å². The minimum Gasteiger partial charge on any atom is -0.399 e. The van der Waals surface area contributed by atoms with E-state index in [2.05, 4.69) is 0 Å². The third-order valence-corrected chi connectivity index (χ3v) is 3.56. The number of rotatable bonds is 5. The van der Waals surface area contributed by atoms with Gasteiger partial charge >= 0.3 is 0 Å². The van der Waals surface area contributed by atoms with Gasteiger partial charge in [0.15, 0.2) is 0 Å². The first-order valence-corrected chi connectivity index (χ1v) is 6.54. The topological polar surface area (TPSA) is 92.4 Å². The van der Waals surface area contributed by atoms with Crippen molar-refractivity contribution in [2.45, 2.75) is 24.3 Å². The summed E-state index contributed by atoms with van der Waals surface area (Å²) in [5.74, 6) is 0. The molecule has 1 rings (SSSR count). The molecule has 0 aliphatic carbocycles. The standard InChI is InChI=1S/C10H14F2N2O3S/c1-6-2-7(13)4-8(3-6)18(16,17)14-5-9(15)10(11)12/h2-4,9-10,14-15H,5,13H2,1H3. The van der Waals surface area contributed by atoms with Crippen LogP contribution >= 0.6 is 0 Å². The van der Waals surface area contributed by atoms with Gasteiger partial charge in [-0.05, 0) is 30.7 Å². The Labute approximate surface area is 104 Å². The number of aliphatic hydroxyl groups is 1. The van der Waals surface area contributed by atoms with Crippen molar-refractivity contribution in [2.75, 3.05) is 12.3 Å². The van der Waals surface area contributed by atoms with E-state index in [0.29, 0.717) is 5.56 Å². The first-order valence-electron chi connectivity index (χ1n) is 5.05. The highest BCUT2D eigenvalue weighted by Gasteiger charge is 2.21. The monoisotopic (exact) mass is 280 g/mol. The summed E-state index contributed by atoms with van der Waals surface area (Å²) < 4.78 is 49.4. The van der Waals surface area contributed by atoms with E-state index in [1.807, 2.05) is 4.72 Å². The van der Waals surface area contributed by atoms with Crippen molar-refractivity contribution >= 4 is 15.7 Å². The predicted octanol–water partition coefficient (Wildman–Crippen LogP) is 0.482. The zero-order valence-corrected chi connectivity index (χ0v) is 10.4. The molecule has 0 aromatic heterocycles. The van der Waals surface area contributed by atoms with Crippen LogP contribution in [0.2, 0.25) is 0 Å². The van der Waals surface area contributed by atoms with Gasteiger partial charge < -0.3 is 10.8 Å². The van der Waals surface area contributed by atoms with Crippen molar-refractivity contribution in [3.63, 3.8) is 0 Å². The van der Waals surface area contributed by atoms with E-state index in [-0.39, 0.29) is 10.6 Å². The molecule has 5 nitrogen and oxygen atoms in total. The van der Waals surface area contributed by atoms with Crippen molar-refractivity contribution in [2.24, 2.45) is 0 Å². The van der Waals surface area contributed by atoms with E-state index < -0.39 is 29.1 Å². The fourth-order valence-electron chi connectivity index (χ4n) is 1.30. The number of aliphatic hydroxyl groups excluding tert-OH is 1. The molecule has 0 saturated heterocycles. The first-order chi connectivity index (χ1) is 8.22. The van der Waals surface area contributed by atoms with Crippen LogP contribution in [0.25, 0.3) is 0 Å². The molecule has 0 saturated carbocycles. The molecule has 1 atom stereocenters. The average molecular weight is 280 g/mol. The maximum absolute atomic E-state index is 12.0. The molecule has 1 aromatic carbocycles. The summed E-state index contributed by atoms with van der Waals surface area (Å²) in [5, 5.41) is 8.84. The second-order valence-corrected chi connectivity index (χ2v) is 5.60. The summed E-state index contributed by atoms with van der Waals surface area (Å²) in [4.78, 5) is -0.124. The molecule has 0 bridgehead atoms. The number of sulfonamides is 1. The minimum absolute atomic E-state index is 0.124. The number of anilines is 1. The molecule has 8 heteroatoms. The van der Waals surface area contributed by atoms with Gasteiger partial charge in [0.05, 0.1) is 4.90 Å². The Hall–Kier alpha value is -1.25. The van der Waals surface area contributed by atoms with Gasteiger partial charge in [-0.1, -0.05) is 0 Å². The highest BCUT2D eigenvalue weighted by Crippen LogP contribution is 2.16. The number of nitrogens with one attached hydrogen (secondary N) is 1. The number of aryl methyl sites for hydroxylation is 1. The van der Waals surface area contributed by atoms with Gasteiger partial charge in [0.25, 0.3) is 6.43 Å². The van der Waals surface area contributed by atoms with Gasteiger partial charge in [-0.2, -0.15) is 0 Å². The van der Waals surface area contributed by atoms with Crippen LogP contribution in [0.5, 0.6) is 0 Å². The molecule has 1 aromatic rings. The molecule has 0 aliphatic rings. The summed E-state index contributed by atoms with van der Waals surface area (Å²) in [5.41, 5.74) is 6.38. The van der Waals surface area contributed by atoms with Crippen LogP contribution in [0.4, 0.5) is 14.5 Å². The Morgan fingerprint density at radius 3 is 2.50 bits per heavy atom. The lowest BCUT2D eigenvalue weighted by Gasteiger charge is -2.12. The number of nitrogen functional groups attached to an aromatic ring is 1. The molecule has 1 unspecified atom stereocenters. The lowest BCUT2D eigenvalue weighted by atomic mass is 10.2. The quantitative estimate of drug-likeness (QED) is 0.684. The number of hydrogen-bond donors (Lipinski definition) is 3. The second kappa shape index (κ2) is 5.59. The Balaban J connectivity index is 2.86. The van der Waals surface area contributed by atoms with Gasteiger partial charge in [-0.25, -0.2) is 21.9 Å². The van der Waals surface area contributed by atoms with Crippen LogP contribution in [0.3, 0.4) is 0 Å². The van der Waals surface area contributed by atoms with Crippen LogP contribution in [0.1, 0.15) is 5.56 Å². The third-order valence-electron chi connectivity index (χ3n) is 2.16. The lowest BCUT2D eigenvalue weighted by molar-refractivity contribution is -0.000451. The maximum Gasteiger partial charge on any atom is 0.265 e. The van der Waals surface area contributed by atoms with Crippen molar-refractivity contribution in [3.8, 4) is 0 Å². The molecule has 18 heavy (non-hydrogen) atoms. The average Bonchev–Trinajstić information content (AvgIpc) is 2.24. The molecule has 4 N–H and O–H groups in total. The Bertz CT molecular complexity index is 500. The number of hydrogen-bond acceptors (Lipinski definition) is 4. The SMILES string of the molecule is Cc1cc(N)cc(S(=O)(=O)NCC(O)C(F)F)c1. The van der Waals surface area contributed by atoms with E-state index in [1.54, 1.807) is 13.0 Å². The van der Waals surface area contributed by atoms with Crippen LogP contribution in [0.15, 0.2) is 23.1 Å². The number of halogens is 2. The Morgan fingerprint density at radius 1 is 1.39 bits per heavy atom. The van der Waals surface area contributed by atoms with Crippen LogP contribution in [-0.2, 0) is 10.0 Å². The third kappa shape index (κ3) is 3.90. The molecule has 0 radical (unpaired) electrons. The summed E-state index contributed by atoms with van der Waals surface area (Å²) in [6.07, 6.45) is -5.04. The summed E-state index contributed by atoms with van der Waals surface area (Å²) in [7, 11) is -3.96. The van der Waals surface area contributed by atoms with E-state index in [4.69, 9.17) is 10.8 Å². The number of alkyl halides is 2. The highest BCUT2D eigenvalue weighted by atomic mass is 32.2. The summed E-state index contributed by atoms with van der Waals surface area (Å²) in [6.45, 7) is 0.900. The molecule has 0 heterocycles. The Kier molecular flexibility index (Phi) is 4.60. The van der Waals surface area contributed by atoms with Crippen LogP contribution in [-0.4, -0.2) is 32.6 Å². The van der Waals surface area contributed by atoms with Gasteiger partial charge in [0.2, 0.25) is 10.0 Å². The van der Waals surface area contributed by atoms with E-state index in [0.717, 1.165) is 0 Å². The van der Waals surface area contributed by atoms with Gasteiger partial charge in [0.1, 0.15) is 6.10 Å². The maximum atomic E-state index is 12.0. The molecular weight excluding hydrogens is 266 g/mol. The van der Waals surface area contributed by atoms with E-state index in [9.17, 15) is 17.2 Å². The molecule has 0 aliphatic heterocycles. The largest absolute Gasteiger partial charge is 0.399 e. The minimum atomic E-state index is -3.96. The first kappa shape index (κ1) is 14.8. The second-order valence-electron chi connectivity index (χ2n) is 3.83. The van der Waals surface area contributed by atoms with Crippen molar-refractivity contribution in [1.29, 1.82) is 0 Å². The molecular formula is C10H14F2N2O3S. The molecule has 0 spiro atoms. The van der Waals surface area contributed by atoms with Gasteiger partial charge in [-0.3, -0.25) is 0 Å². The molecule has 0 amide bonds. The summed E-state index contributed by atoms with van der Waals surface area (Å²) >= 11 is 0. The molecule has 0 fully saturated rings. The van der Waals surface area contributed by atoms with E-state index in [1.165, 1.54) is 12.1 Å².